The topological polar surface area (TPSA) is 38.7 Å². The molecule has 2 aliphatic rings. The fourth-order valence-corrected chi connectivity index (χ4v) is 3.27. The minimum atomic E-state index is -0.815. The second-order valence-electron chi connectivity index (χ2n) is 5.06. The number of carbonyl (C=O) groups excluding carboxylic acids is 1. The fourth-order valence-electron chi connectivity index (χ4n) is 2.98. The van der Waals surface area contributed by atoms with Crippen LogP contribution in [0, 0.1) is 0 Å². The highest BCUT2D eigenvalue weighted by Gasteiger charge is 2.51. The van der Waals surface area contributed by atoms with Crippen molar-refractivity contribution in [2.24, 2.45) is 4.99 Å². The van der Waals surface area contributed by atoms with Crippen molar-refractivity contribution < 1.29 is 9.53 Å². The minimum Gasteiger partial charge on any atom is -0.470 e. The van der Waals surface area contributed by atoms with Crippen molar-refractivity contribution in [2.45, 2.75) is 44.2 Å². The highest BCUT2D eigenvalue weighted by molar-refractivity contribution is 6.32. The van der Waals surface area contributed by atoms with Crippen LogP contribution in [-0.2, 0) is 15.1 Å². The molecule has 3 rings (SSSR count). The first kappa shape index (κ1) is 12.7. The van der Waals surface area contributed by atoms with E-state index in [9.17, 15) is 4.79 Å². The van der Waals surface area contributed by atoms with Crippen LogP contribution >= 0.6 is 11.6 Å². The van der Waals surface area contributed by atoms with Crippen LogP contribution in [0.3, 0.4) is 0 Å². The molecule has 1 aliphatic heterocycles. The standard InChI is InChI=1S/C15H16ClNO2/c1-2-13-17-15(10-6-3-4-7-11(10)16)9-5-8-12(19-13)14(15)18/h3-4,6-7,12H,2,5,8-9H2,1H3/t12-,15-/m0/s1. The third-order valence-electron chi connectivity index (χ3n) is 3.92. The Morgan fingerprint density at radius 2 is 2.26 bits per heavy atom. The van der Waals surface area contributed by atoms with E-state index in [1.165, 1.54) is 0 Å². The number of carbonyl (C=O) groups is 1. The molecule has 0 radical (unpaired) electrons. The second kappa shape index (κ2) is 4.64. The lowest BCUT2D eigenvalue weighted by atomic mass is 9.74. The van der Waals surface area contributed by atoms with Crippen LogP contribution in [0.25, 0.3) is 0 Å². The summed E-state index contributed by atoms with van der Waals surface area (Å²) >= 11 is 6.29. The average Bonchev–Trinajstić information content (AvgIpc) is 2.40. The number of Topliss-reactive ketones (excluding diaryl/α,β-unsaturated/α-hetero) is 1. The summed E-state index contributed by atoms with van der Waals surface area (Å²) in [5.41, 5.74) is 0.00539. The predicted octanol–water partition coefficient (Wildman–Crippen LogP) is 3.50. The molecule has 1 aliphatic carbocycles. The van der Waals surface area contributed by atoms with Gasteiger partial charge in [0.15, 0.2) is 17.5 Å². The van der Waals surface area contributed by atoms with E-state index in [-0.39, 0.29) is 11.9 Å². The summed E-state index contributed by atoms with van der Waals surface area (Å²) in [4.78, 5) is 17.3. The number of ether oxygens (including phenoxy) is 1. The van der Waals surface area contributed by atoms with Crippen molar-refractivity contribution in [2.75, 3.05) is 0 Å². The van der Waals surface area contributed by atoms with Crippen molar-refractivity contribution in [3.05, 3.63) is 34.9 Å². The molecule has 0 spiro atoms. The Balaban J connectivity index is 2.18. The Labute approximate surface area is 117 Å². The Hall–Kier alpha value is -1.35. The molecule has 1 fully saturated rings. The fraction of sp³-hybridized carbons (Fsp3) is 0.467. The molecule has 4 heteroatoms. The van der Waals surface area contributed by atoms with E-state index >= 15 is 0 Å². The lowest BCUT2D eigenvalue weighted by Gasteiger charge is -2.41. The molecule has 2 atom stereocenters. The van der Waals surface area contributed by atoms with E-state index in [1.807, 2.05) is 31.2 Å². The maximum Gasteiger partial charge on any atom is 0.205 e. The van der Waals surface area contributed by atoms with E-state index in [1.54, 1.807) is 0 Å². The largest absolute Gasteiger partial charge is 0.470 e. The van der Waals surface area contributed by atoms with E-state index in [4.69, 9.17) is 16.3 Å². The van der Waals surface area contributed by atoms with Crippen LogP contribution in [0.1, 0.15) is 38.2 Å². The molecule has 100 valence electrons. The van der Waals surface area contributed by atoms with E-state index in [2.05, 4.69) is 4.99 Å². The number of benzene rings is 1. The van der Waals surface area contributed by atoms with Crippen LogP contribution in [-0.4, -0.2) is 17.8 Å². The van der Waals surface area contributed by atoms with Gasteiger partial charge in [-0.1, -0.05) is 36.7 Å². The first-order valence-corrected chi connectivity index (χ1v) is 7.10. The van der Waals surface area contributed by atoms with E-state index in [0.29, 0.717) is 17.3 Å². The lowest BCUT2D eigenvalue weighted by molar-refractivity contribution is -0.137. The summed E-state index contributed by atoms with van der Waals surface area (Å²) in [6.45, 7) is 1.99. The monoisotopic (exact) mass is 277 g/mol. The molecular weight excluding hydrogens is 262 g/mol. The molecule has 2 bridgehead atoms. The summed E-state index contributed by atoms with van der Waals surface area (Å²) in [7, 11) is 0. The molecule has 1 saturated carbocycles. The molecule has 3 nitrogen and oxygen atoms in total. The number of ketones is 1. The summed E-state index contributed by atoms with van der Waals surface area (Å²) in [5, 5.41) is 0.609. The molecule has 0 unspecified atom stereocenters. The molecular formula is C15H16ClNO2. The summed E-state index contributed by atoms with van der Waals surface area (Å²) in [6, 6.07) is 7.50. The Morgan fingerprint density at radius 1 is 1.47 bits per heavy atom. The van der Waals surface area contributed by atoms with Crippen molar-refractivity contribution in [3.8, 4) is 0 Å². The first-order chi connectivity index (χ1) is 9.17. The van der Waals surface area contributed by atoms with Gasteiger partial charge in [0, 0.05) is 17.0 Å². The number of aliphatic imine (C=N–C) groups is 1. The summed E-state index contributed by atoms with van der Waals surface area (Å²) < 4.78 is 5.66. The predicted molar refractivity (Wildman–Crippen MR) is 74.6 cm³/mol. The maximum absolute atomic E-state index is 12.7. The van der Waals surface area contributed by atoms with Gasteiger partial charge in [0.25, 0.3) is 0 Å². The zero-order valence-corrected chi connectivity index (χ0v) is 11.6. The van der Waals surface area contributed by atoms with Crippen LogP contribution in [0.2, 0.25) is 5.02 Å². The van der Waals surface area contributed by atoms with Crippen LogP contribution in [0.4, 0.5) is 0 Å². The molecule has 1 aromatic carbocycles. The Bertz CT molecular complexity index is 555. The van der Waals surface area contributed by atoms with Gasteiger partial charge >= 0.3 is 0 Å². The number of hydrogen-bond acceptors (Lipinski definition) is 3. The summed E-state index contributed by atoms with van der Waals surface area (Å²) in [5.74, 6) is 0.730. The van der Waals surface area contributed by atoms with Crippen molar-refractivity contribution in [3.63, 3.8) is 0 Å². The van der Waals surface area contributed by atoms with Crippen molar-refractivity contribution >= 4 is 23.3 Å². The highest BCUT2D eigenvalue weighted by atomic mass is 35.5. The van der Waals surface area contributed by atoms with Crippen LogP contribution < -0.4 is 0 Å². The van der Waals surface area contributed by atoms with Gasteiger partial charge in [-0.05, 0) is 25.3 Å². The normalized spacial score (nSPS) is 29.7. The summed E-state index contributed by atoms with van der Waals surface area (Å²) in [6.07, 6.45) is 2.79. The second-order valence-corrected chi connectivity index (χ2v) is 5.47. The zero-order chi connectivity index (χ0) is 13.5. The first-order valence-electron chi connectivity index (χ1n) is 6.72. The Morgan fingerprint density at radius 3 is 3.00 bits per heavy atom. The number of hydrogen-bond donors (Lipinski definition) is 0. The van der Waals surface area contributed by atoms with Gasteiger partial charge in [-0.25, -0.2) is 4.99 Å². The molecule has 0 saturated heterocycles. The van der Waals surface area contributed by atoms with Crippen molar-refractivity contribution in [1.29, 1.82) is 0 Å². The maximum atomic E-state index is 12.7. The van der Waals surface area contributed by atoms with Crippen molar-refractivity contribution in [1.82, 2.24) is 0 Å². The van der Waals surface area contributed by atoms with Gasteiger partial charge in [-0.3, -0.25) is 4.79 Å². The zero-order valence-electron chi connectivity index (χ0n) is 10.9. The van der Waals surface area contributed by atoms with E-state index < -0.39 is 5.54 Å². The minimum absolute atomic E-state index is 0.0593. The Kier molecular flexibility index (Phi) is 3.09. The number of halogens is 1. The van der Waals surface area contributed by atoms with Gasteiger partial charge in [-0.15, -0.1) is 0 Å². The molecule has 1 aromatic rings. The van der Waals surface area contributed by atoms with Gasteiger partial charge in [0.2, 0.25) is 5.78 Å². The van der Waals surface area contributed by atoms with Crippen LogP contribution in [0.15, 0.2) is 29.3 Å². The van der Waals surface area contributed by atoms with Gasteiger partial charge < -0.3 is 4.74 Å². The molecule has 0 amide bonds. The highest BCUT2D eigenvalue weighted by Crippen LogP contribution is 2.44. The smallest absolute Gasteiger partial charge is 0.205 e. The van der Waals surface area contributed by atoms with Gasteiger partial charge in [-0.2, -0.15) is 0 Å². The SMILES string of the molecule is CCC1=N[C@]2(c3ccccc3Cl)CCC[C@H](O1)C2=O. The van der Waals surface area contributed by atoms with Crippen LogP contribution in [0.5, 0.6) is 0 Å². The quantitative estimate of drug-likeness (QED) is 0.830. The third kappa shape index (κ3) is 1.88. The molecule has 1 heterocycles. The molecule has 0 N–H and O–H groups in total. The van der Waals surface area contributed by atoms with Gasteiger partial charge in [0.05, 0.1) is 0 Å². The molecule has 0 aromatic heterocycles. The third-order valence-corrected chi connectivity index (χ3v) is 4.25. The average molecular weight is 278 g/mol. The lowest BCUT2D eigenvalue weighted by Crippen LogP contribution is -2.51. The number of fused-ring (bicyclic) bond motifs is 2. The number of nitrogens with zero attached hydrogens (tertiary/aromatic N) is 1. The molecule has 19 heavy (non-hydrogen) atoms. The van der Waals surface area contributed by atoms with Gasteiger partial charge in [0.1, 0.15) is 0 Å². The number of rotatable bonds is 2. The van der Waals surface area contributed by atoms with E-state index in [0.717, 1.165) is 24.8 Å².